The normalized spacial score (nSPS) is 12.5. The predicted molar refractivity (Wildman–Crippen MR) is 70.9 cm³/mol. The molecule has 19 heavy (non-hydrogen) atoms. The first-order valence-corrected chi connectivity index (χ1v) is 6.32. The smallest absolute Gasteiger partial charge is 0.308 e. The van der Waals surface area contributed by atoms with Gasteiger partial charge in [-0.2, -0.15) is 5.10 Å². The third-order valence-corrected chi connectivity index (χ3v) is 3.09. The number of amides is 1. The van der Waals surface area contributed by atoms with Crippen LogP contribution in [0.15, 0.2) is 6.20 Å². The summed E-state index contributed by atoms with van der Waals surface area (Å²) >= 11 is 0. The second kappa shape index (κ2) is 6.36. The van der Waals surface area contributed by atoms with Crippen molar-refractivity contribution in [3.8, 4) is 0 Å². The Labute approximate surface area is 112 Å². The highest BCUT2D eigenvalue weighted by atomic mass is 16.4. The summed E-state index contributed by atoms with van der Waals surface area (Å²) in [6.07, 6.45) is 2.03. The standard InChI is InChI=1S/C13H21N3O3/c1-8(2)5-10(13(18)19)6-14-12(17)11-7-15-16(4)9(11)3/h7-8,10H,5-6H2,1-4H3,(H,14,17)(H,18,19). The number of nitrogens with one attached hydrogen (secondary N) is 1. The first-order chi connectivity index (χ1) is 8.82. The van der Waals surface area contributed by atoms with Crippen LogP contribution in [0.2, 0.25) is 0 Å². The molecule has 0 spiro atoms. The highest BCUT2D eigenvalue weighted by Crippen LogP contribution is 2.12. The van der Waals surface area contributed by atoms with E-state index in [2.05, 4.69) is 10.4 Å². The van der Waals surface area contributed by atoms with Gasteiger partial charge >= 0.3 is 5.97 Å². The van der Waals surface area contributed by atoms with E-state index >= 15 is 0 Å². The molecule has 1 amide bonds. The summed E-state index contributed by atoms with van der Waals surface area (Å²) in [5.74, 6) is -1.43. The summed E-state index contributed by atoms with van der Waals surface area (Å²) in [7, 11) is 1.75. The number of aliphatic carboxylic acids is 1. The molecule has 1 atom stereocenters. The van der Waals surface area contributed by atoms with Crippen molar-refractivity contribution >= 4 is 11.9 Å². The minimum atomic E-state index is -0.878. The molecule has 1 heterocycles. The fourth-order valence-corrected chi connectivity index (χ4v) is 1.87. The van der Waals surface area contributed by atoms with Crippen LogP contribution in [-0.4, -0.2) is 33.3 Å². The van der Waals surface area contributed by atoms with Gasteiger partial charge in [-0.05, 0) is 19.3 Å². The van der Waals surface area contributed by atoms with Gasteiger partial charge in [-0.1, -0.05) is 13.8 Å². The Bertz CT molecular complexity index is 466. The van der Waals surface area contributed by atoms with Crippen molar-refractivity contribution in [1.82, 2.24) is 15.1 Å². The monoisotopic (exact) mass is 267 g/mol. The summed E-state index contributed by atoms with van der Waals surface area (Å²) < 4.78 is 1.61. The number of aromatic nitrogens is 2. The zero-order valence-corrected chi connectivity index (χ0v) is 11.8. The van der Waals surface area contributed by atoms with Crippen molar-refractivity contribution in [2.24, 2.45) is 18.9 Å². The Kier molecular flexibility index (Phi) is 5.09. The lowest BCUT2D eigenvalue weighted by atomic mass is 9.97. The molecule has 1 unspecified atom stereocenters. The van der Waals surface area contributed by atoms with Gasteiger partial charge in [0.2, 0.25) is 0 Å². The number of carboxylic acid groups (broad SMARTS) is 1. The molecule has 0 aromatic carbocycles. The summed E-state index contributed by atoms with van der Waals surface area (Å²) in [6.45, 7) is 5.86. The molecule has 1 aromatic rings. The molecule has 0 aliphatic rings. The van der Waals surface area contributed by atoms with E-state index in [9.17, 15) is 9.59 Å². The van der Waals surface area contributed by atoms with E-state index in [1.807, 2.05) is 13.8 Å². The molecule has 0 aliphatic heterocycles. The van der Waals surface area contributed by atoms with E-state index in [0.717, 1.165) is 5.69 Å². The molecule has 2 N–H and O–H groups in total. The summed E-state index contributed by atoms with van der Waals surface area (Å²) in [4.78, 5) is 23.0. The van der Waals surface area contributed by atoms with Gasteiger partial charge in [0.25, 0.3) is 5.91 Å². The number of aryl methyl sites for hydroxylation is 1. The van der Waals surface area contributed by atoms with Crippen LogP contribution in [0.5, 0.6) is 0 Å². The van der Waals surface area contributed by atoms with Crippen LogP contribution in [0.4, 0.5) is 0 Å². The Morgan fingerprint density at radius 3 is 2.53 bits per heavy atom. The number of carbonyl (C=O) groups is 2. The van der Waals surface area contributed by atoms with E-state index in [1.165, 1.54) is 6.20 Å². The maximum atomic E-state index is 11.9. The Hall–Kier alpha value is -1.85. The highest BCUT2D eigenvalue weighted by Gasteiger charge is 2.21. The molecular weight excluding hydrogens is 246 g/mol. The predicted octanol–water partition coefficient (Wildman–Crippen LogP) is 1.21. The van der Waals surface area contributed by atoms with Gasteiger partial charge in [0.1, 0.15) is 0 Å². The maximum Gasteiger partial charge on any atom is 0.308 e. The van der Waals surface area contributed by atoms with Crippen LogP contribution in [0, 0.1) is 18.8 Å². The first-order valence-electron chi connectivity index (χ1n) is 6.32. The van der Waals surface area contributed by atoms with Crippen LogP contribution >= 0.6 is 0 Å². The summed E-state index contributed by atoms with van der Waals surface area (Å²) in [5.41, 5.74) is 1.24. The van der Waals surface area contributed by atoms with Crippen molar-refractivity contribution in [3.05, 3.63) is 17.5 Å². The van der Waals surface area contributed by atoms with E-state index in [4.69, 9.17) is 5.11 Å². The van der Waals surface area contributed by atoms with Crippen molar-refractivity contribution < 1.29 is 14.7 Å². The van der Waals surface area contributed by atoms with Gasteiger partial charge in [0.15, 0.2) is 0 Å². The van der Waals surface area contributed by atoms with Crippen LogP contribution in [-0.2, 0) is 11.8 Å². The number of rotatable bonds is 6. The minimum absolute atomic E-state index is 0.140. The Morgan fingerprint density at radius 1 is 1.47 bits per heavy atom. The molecule has 1 aromatic heterocycles. The van der Waals surface area contributed by atoms with Crippen molar-refractivity contribution in [2.45, 2.75) is 27.2 Å². The van der Waals surface area contributed by atoms with E-state index in [-0.39, 0.29) is 18.4 Å². The summed E-state index contributed by atoms with van der Waals surface area (Å²) in [6, 6.07) is 0. The van der Waals surface area contributed by atoms with Crippen LogP contribution in [0.25, 0.3) is 0 Å². The lowest BCUT2D eigenvalue weighted by Gasteiger charge is -2.15. The molecule has 0 saturated carbocycles. The number of carboxylic acids is 1. The second-order valence-corrected chi connectivity index (χ2v) is 5.14. The second-order valence-electron chi connectivity index (χ2n) is 5.14. The molecule has 106 valence electrons. The van der Waals surface area contributed by atoms with Crippen LogP contribution in [0.1, 0.15) is 36.3 Å². The maximum absolute atomic E-state index is 11.9. The van der Waals surface area contributed by atoms with Crippen LogP contribution in [0.3, 0.4) is 0 Å². The summed E-state index contributed by atoms with van der Waals surface area (Å²) in [5, 5.41) is 15.8. The van der Waals surface area contributed by atoms with Crippen molar-refractivity contribution in [3.63, 3.8) is 0 Å². The van der Waals surface area contributed by atoms with Gasteiger partial charge in [-0.15, -0.1) is 0 Å². The first kappa shape index (κ1) is 15.2. The van der Waals surface area contributed by atoms with Crippen molar-refractivity contribution in [1.29, 1.82) is 0 Å². The van der Waals surface area contributed by atoms with E-state index in [1.54, 1.807) is 18.7 Å². The third-order valence-electron chi connectivity index (χ3n) is 3.09. The lowest BCUT2D eigenvalue weighted by molar-refractivity contribution is -0.142. The Balaban J connectivity index is 2.62. The van der Waals surface area contributed by atoms with Gasteiger partial charge in [-0.3, -0.25) is 14.3 Å². The Morgan fingerprint density at radius 2 is 2.11 bits per heavy atom. The SMILES string of the molecule is Cc1c(C(=O)NCC(CC(C)C)C(=O)O)cnn1C. The molecule has 0 saturated heterocycles. The number of hydrogen-bond donors (Lipinski definition) is 2. The largest absolute Gasteiger partial charge is 0.481 e. The molecule has 0 aliphatic carbocycles. The number of nitrogens with zero attached hydrogens (tertiary/aromatic N) is 2. The topological polar surface area (TPSA) is 84.2 Å². The molecule has 1 rings (SSSR count). The molecule has 0 radical (unpaired) electrons. The molecular formula is C13H21N3O3. The van der Waals surface area contributed by atoms with Crippen LogP contribution < -0.4 is 5.32 Å². The lowest BCUT2D eigenvalue weighted by Crippen LogP contribution is -2.33. The highest BCUT2D eigenvalue weighted by molar-refractivity contribution is 5.95. The van der Waals surface area contributed by atoms with Crippen molar-refractivity contribution in [2.75, 3.05) is 6.54 Å². The van der Waals surface area contributed by atoms with Gasteiger partial charge in [0, 0.05) is 19.3 Å². The molecule has 0 bridgehead atoms. The van der Waals surface area contributed by atoms with E-state index in [0.29, 0.717) is 12.0 Å². The average molecular weight is 267 g/mol. The molecule has 6 nitrogen and oxygen atoms in total. The zero-order valence-electron chi connectivity index (χ0n) is 11.8. The quantitative estimate of drug-likeness (QED) is 0.811. The molecule has 6 heteroatoms. The minimum Gasteiger partial charge on any atom is -0.481 e. The van der Waals surface area contributed by atoms with Gasteiger partial charge in [0.05, 0.1) is 17.7 Å². The average Bonchev–Trinajstić information content (AvgIpc) is 2.64. The number of hydrogen-bond acceptors (Lipinski definition) is 3. The fraction of sp³-hybridized carbons (Fsp3) is 0.615. The number of carbonyl (C=O) groups excluding carboxylic acids is 1. The van der Waals surface area contributed by atoms with Gasteiger partial charge < -0.3 is 10.4 Å². The zero-order chi connectivity index (χ0) is 14.6. The van der Waals surface area contributed by atoms with Gasteiger partial charge in [-0.25, -0.2) is 0 Å². The third kappa shape index (κ3) is 4.08. The molecule has 0 fully saturated rings. The fourth-order valence-electron chi connectivity index (χ4n) is 1.87. The van der Waals surface area contributed by atoms with E-state index < -0.39 is 11.9 Å².